The smallest absolute Gasteiger partial charge is 0.119 e. The van der Waals surface area contributed by atoms with Crippen LogP contribution in [0.15, 0.2) is 64.4 Å². The van der Waals surface area contributed by atoms with E-state index in [4.69, 9.17) is 4.74 Å². The Balaban J connectivity index is 1.57. The Bertz CT molecular complexity index is 547. The van der Waals surface area contributed by atoms with Gasteiger partial charge in [0.1, 0.15) is 11.9 Å². The number of nitrogens with one attached hydrogen (secondary N) is 1. The van der Waals surface area contributed by atoms with Gasteiger partial charge in [-0.25, -0.2) is 0 Å². The first-order valence-corrected chi connectivity index (χ1v) is 8.42. The second-order valence-electron chi connectivity index (χ2n) is 5.66. The third-order valence-electron chi connectivity index (χ3n) is 3.89. The molecule has 0 spiro atoms. The minimum absolute atomic E-state index is 0.390. The molecule has 0 saturated carbocycles. The molecule has 3 heteroatoms. The van der Waals surface area contributed by atoms with E-state index in [1.807, 2.05) is 6.07 Å². The van der Waals surface area contributed by atoms with Gasteiger partial charge >= 0.3 is 0 Å². The molecule has 3 rings (SSSR count). The van der Waals surface area contributed by atoms with Crippen LogP contribution in [-0.4, -0.2) is 26.2 Å². The van der Waals surface area contributed by atoms with E-state index in [0.29, 0.717) is 6.10 Å². The zero-order valence-electron chi connectivity index (χ0n) is 12.4. The molecular formula is C18H22NOS+. The third kappa shape index (κ3) is 4.26. The van der Waals surface area contributed by atoms with Gasteiger partial charge in [0.05, 0.1) is 20.1 Å². The fourth-order valence-electron chi connectivity index (χ4n) is 2.61. The highest BCUT2D eigenvalue weighted by molar-refractivity contribution is 7.99. The molecule has 2 nitrogen and oxygen atoms in total. The number of piperidine rings is 1. The number of quaternary nitrogens is 1. The maximum atomic E-state index is 6.09. The number of ether oxygens (including phenoxy) is 1. The van der Waals surface area contributed by atoms with Crippen molar-refractivity contribution in [2.24, 2.45) is 0 Å². The molecule has 1 aliphatic rings. The summed E-state index contributed by atoms with van der Waals surface area (Å²) in [6.45, 7) is 2.43. The van der Waals surface area contributed by atoms with E-state index >= 15 is 0 Å². The van der Waals surface area contributed by atoms with Crippen molar-refractivity contribution in [1.82, 2.24) is 0 Å². The normalized spacial score (nSPS) is 22.0. The van der Waals surface area contributed by atoms with Gasteiger partial charge in [-0.1, -0.05) is 30.0 Å². The van der Waals surface area contributed by atoms with Crippen LogP contribution in [0.5, 0.6) is 5.75 Å². The Hall–Kier alpha value is -1.45. The molecule has 0 aromatic heterocycles. The van der Waals surface area contributed by atoms with Crippen LogP contribution in [0.3, 0.4) is 0 Å². The third-order valence-corrected chi connectivity index (χ3v) is 4.91. The zero-order valence-corrected chi connectivity index (χ0v) is 13.2. The summed E-state index contributed by atoms with van der Waals surface area (Å²) in [5.41, 5.74) is 0. The van der Waals surface area contributed by atoms with Crippen molar-refractivity contribution in [1.29, 1.82) is 0 Å². The van der Waals surface area contributed by atoms with Gasteiger partial charge in [0.25, 0.3) is 0 Å². The summed E-state index contributed by atoms with van der Waals surface area (Å²) in [5.74, 6) is 0.997. The van der Waals surface area contributed by atoms with Gasteiger partial charge in [0, 0.05) is 22.6 Å². The maximum absolute atomic E-state index is 6.09. The van der Waals surface area contributed by atoms with E-state index in [0.717, 1.165) is 18.6 Å². The summed E-state index contributed by atoms with van der Waals surface area (Å²) < 4.78 is 6.09. The number of rotatable bonds is 4. The van der Waals surface area contributed by atoms with Crippen LogP contribution in [0, 0.1) is 0 Å². The number of hydrogen-bond donors (Lipinski definition) is 1. The van der Waals surface area contributed by atoms with E-state index in [1.165, 1.54) is 22.9 Å². The molecule has 0 aliphatic carbocycles. The van der Waals surface area contributed by atoms with Gasteiger partial charge < -0.3 is 9.64 Å². The summed E-state index contributed by atoms with van der Waals surface area (Å²) in [5, 5.41) is 0. The molecule has 2 aromatic carbocycles. The summed E-state index contributed by atoms with van der Waals surface area (Å²) in [6, 6.07) is 18.9. The second-order valence-corrected chi connectivity index (χ2v) is 6.81. The highest BCUT2D eigenvalue weighted by Crippen LogP contribution is 2.29. The fourth-order valence-corrected chi connectivity index (χ4v) is 3.44. The van der Waals surface area contributed by atoms with E-state index in [1.54, 1.807) is 16.7 Å². The average molecular weight is 300 g/mol. The van der Waals surface area contributed by atoms with Gasteiger partial charge in [-0.2, -0.15) is 0 Å². The number of hydrogen-bond acceptors (Lipinski definition) is 2. The van der Waals surface area contributed by atoms with Crippen LogP contribution in [-0.2, 0) is 0 Å². The van der Waals surface area contributed by atoms with Crippen LogP contribution < -0.4 is 9.64 Å². The maximum Gasteiger partial charge on any atom is 0.119 e. The first kappa shape index (κ1) is 14.5. The van der Waals surface area contributed by atoms with Gasteiger partial charge in [0.2, 0.25) is 0 Å². The van der Waals surface area contributed by atoms with Crippen LogP contribution in [0.4, 0.5) is 0 Å². The van der Waals surface area contributed by atoms with E-state index < -0.39 is 0 Å². The van der Waals surface area contributed by atoms with Crippen molar-refractivity contribution in [3.8, 4) is 5.75 Å². The Morgan fingerprint density at radius 1 is 0.905 bits per heavy atom. The first-order valence-electron chi connectivity index (χ1n) is 7.60. The fraction of sp³-hybridized carbons (Fsp3) is 0.333. The first-order chi connectivity index (χ1) is 10.3. The van der Waals surface area contributed by atoms with Crippen LogP contribution in [0.1, 0.15) is 12.8 Å². The lowest BCUT2D eigenvalue weighted by molar-refractivity contribution is -0.885. The molecule has 1 heterocycles. The molecule has 0 atom stereocenters. The monoisotopic (exact) mass is 300 g/mol. The SMILES string of the molecule is C[NH+]1CCC(Oc2ccc(Sc3ccccc3)cc2)CC1. The number of likely N-dealkylation sites (tertiary alicyclic amines) is 1. The summed E-state index contributed by atoms with van der Waals surface area (Å²) >= 11 is 1.78. The van der Waals surface area contributed by atoms with Crippen LogP contribution in [0.25, 0.3) is 0 Å². The molecule has 0 bridgehead atoms. The van der Waals surface area contributed by atoms with Crippen molar-refractivity contribution in [3.63, 3.8) is 0 Å². The largest absolute Gasteiger partial charge is 0.490 e. The quantitative estimate of drug-likeness (QED) is 0.933. The molecule has 1 fully saturated rings. The van der Waals surface area contributed by atoms with Crippen LogP contribution >= 0.6 is 11.8 Å². The van der Waals surface area contributed by atoms with Crippen molar-refractivity contribution >= 4 is 11.8 Å². The van der Waals surface area contributed by atoms with Gasteiger partial charge in [-0.3, -0.25) is 0 Å². The van der Waals surface area contributed by atoms with Crippen molar-refractivity contribution in [3.05, 3.63) is 54.6 Å². The van der Waals surface area contributed by atoms with Crippen LogP contribution in [0.2, 0.25) is 0 Å². The zero-order chi connectivity index (χ0) is 14.5. The topological polar surface area (TPSA) is 13.7 Å². The molecule has 0 amide bonds. The molecule has 0 unspecified atom stereocenters. The standard InChI is InChI=1S/C18H21NOS/c1-19-13-11-16(12-14-19)20-15-7-9-18(10-8-15)21-17-5-3-2-4-6-17/h2-10,16H,11-14H2,1H3/p+1. The minimum atomic E-state index is 0.390. The second kappa shape index (κ2) is 7.01. The predicted molar refractivity (Wildman–Crippen MR) is 87.3 cm³/mol. The lowest BCUT2D eigenvalue weighted by Gasteiger charge is -2.27. The Labute approximate surface area is 131 Å². The minimum Gasteiger partial charge on any atom is -0.490 e. The van der Waals surface area contributed by atoms with E-state index in [9.17, 15) is 0 Å². The molecule has 1 N–H and O–H groups in total. The highest BCUT2D eigenvalue weighted by Gasteiger charge is 2.20. The molecule has 0 radical (unpaired) electrons. The molecular weight excluding hydrogens is 278 g/mol. The summed E-state index contributed by atoms with van der Waals surface area (Å²) in [7, 11) is 2.26. The lowest BCUT2D eigenvalue weighted by Crippen LogP contribution is -3.10. The van der Waals surface area contributed by atoms with Gasteiger partial charge in [-0.15, -0.1) is 0 Å². The van der Waals surface area contributed by atoms with Crippen molar-refractivity contribution in [2.45, 2.75) is 28.7 Å². The van der Waals surface area contributed by atoms with E-state index in [2.05, 4.69) is 55.6 Å². The highest BCUT2D eigenvalue weighted by atomic mass is 32.2. The Kier molecular flexibility index (Phi) is 4.84. The van der Waals surface area contributed by atoms with Crippen molar-refractivity contribution in [2.75, 3.05) is 20.1 Å². The number of benzene rings is 2. The predicted octanol–water partition coefficient (Wildman–Crippen LogP) is 2.89. The van der Waals surface area contributed by atoms with Crippen molar-refractivity contribution < 1.29 is 9.64 Å². The summed E-state index contributed by atoms with van der Waals surface area (Å²) in [6.07, 6.45) is 2.71. The molecule has 110 valence electrons. The van der Waals surface area contributed by atoms with Gasteiger partial charge in [-0.05, 0) is 36.4 Å². The Morgan fingerprint density at radius 2 is 1.52 bits per heavy atom. The van der Waals surface area contributed by atoms with Gasteiger partial charge in [0.15, 0.2) is 0 Å². The molecule has 1 saturated heterocycles. The Morgan fingerprint density at radius 3 is 2.19 bits per heavy atom. The van der Waals surface area contributed by atoms with E-state index in [-0.39, 0.29) is 0 Å². The molecule has 21 heavy (non-hydrogen) atoms. The lowest BCUT2D eigenvalue weighted by atomic mass is 10.1. The summed E-state index contributed by atoms with van der Waals surface area (Å²) in [4.78, 5) is 4.13. The molecule has 2 aromatic rings. The average Bonchev–Trinajstić information content (AvgIpc) is 2.53. The molecule has 1 aliphatic heterocycles.